The van der Waals surface area contributed by atoms with Crippen molar-refractivity contribution in [1.29, 1.82) is 0 Å². The van der Waals surface area contributed by atoms with E-state index in [0.29, 0.717) is 0 Å². The first-order chi connectivity index (χ1) is 9.36. The molecule has 1 aromatic rings. The van der Waals surface area contributed by atoms with Crippen molar-refractivity contribution in [1.82, 2.24) is 0 Å². The Labute approximate surface area is 110 Å². The number of hydrogen-bond donors (Lipinski definition) is 1. The maximum Gasteiger partial charge on any atom is 0.346 e. The zero-order valence-corrected chi connectivity index (χ0v) is 9.86. The number of hydrogen-bond acceptors (Lipinski definition) is 4. The number of carbonyl (C=O) groups excluding carboxylic acids is 3. The molecule has 8 heteroatoms. The molecule has 106 valence electrons. The van der Waals surface area contributed by atoms with Crippen LogP contribution in [0.1, 0.15) is 10.4 Å². The topological polar surface area (TPSA) is 72.5 Å². The van der Waals surface area contributed by atoms with Gasteiger partial charge in [0.1, 0.15) is 5.75 Å². The largest absolute Gasteiger partial charge is 0.482 e. The molecule has 0 saturated carbocycles. The maximum absolute atomic E-state index is 13.3. The number of rotatable bonds is 4. The van der Waals surface area contributed by atoms with Crippen molar-refractivity contribution < 1.29 is 32.3 Å². The van der Waals surface area contributed by atoms with Gasteiger partial charge < -0.3 is 10.1 Å². The molecular formula is C12H8F3NO4. The number of ketones is 1. The Hall–Kier alpha value is -2.38. The summed E-state index contributed by atoms with van der Waals surface area (Å²) in [7, 11) is 0. The third kappa shape index (κ3) is 2.36. The average Bonchev–Trinajstić information content (AvgIpc) is 2.44. The number of carbonyl (C=O) groups is 3. The quantitative estimate of drug-likeness (QED) is 0.670. The van der Waals surface area contributed by atoms with Gasteiger partial charge in [0.15, 0.2) is 12.9 Å². The molecule has 0 aromatic heterocycles. The molecule has 1 N–H and O–H groups in total. The number of alkyl halides is 3. The molecule has 1 amide bonds. The Morgan fingerprint density at radius 1 is 1.45 bits per heavy atom. The van der Waals surface area contributed by atoms with Crippen molar-refractivity contribution in [3.05, 3.63) is 23.8 Å². The van der Waals surface area contributed by atoms with Crippen molar-refractivity contribution in [2.75, 3.05) is 11.9 Å². The van der Waals surface area contributed by atoms with Crippen molar-refractivity contribution in [2.45, 2.75) is 12.1 Å². The van der Waals surface area contributed by atoms with Crippen LogP contribution in [-0.2, 0) is 9.59 Å². The van der Waals surface area contributed by atoms with Crippen LogP contribution in [0.5, 0.6) is 5.75 Å². The van der Waals surface area contributed by atoms with Gasteiger partial charge in [0.25, 0.3) is 5.91 Å². The molecule has 1 aromatic carbocycles. The van der Waals surface area contributed by atoms with E-state index in [1.54, 1.807) is 0 Å². The lowest BCUT2D eigenvalue weighted by Gasteiger charge is -2.20. The van der Waals surface area contributed by atoms with Gasteiger partial charge in [0.05, 0.1) is 5.69 Å². The maximum atomic E-state index is 13.3. The molecule has 0 radical (unpaired) electrons. The first kappa shape index (κ1) is 14.0. The third-order valence-electron chi connectivity index (χ3n) is 2.64. The second kappa shape index (κ2) is 4.95. The first-order valence-electron chi connectivity index (χ1n) is 5.45. The minimum Gasteiger partial charge on any atom is -0.482 e. The number of benzene rings is 1. The fraction of sp³-hybridized carbons (Fsp3) is 0.250. The van der Waals surface area contributed by atoms with Crippen LogP contribution < -0.4 is 10.1 Å². The van der Waals surface area contributed by atoms with Crippen LogP contribution in [0.3, 0.4) is 0 Å². The smallest absolute Gasteiger partial charge is 0.346 e. The molecular weight excluding hydrogens is 279 g/mol. The monoisotopic (exact) mass is 287 g/mol. The van der Waals surface area contributed by atoms with Crippen LogP contribution in [0.25, 0.3) is 0 Å². The molecule has 20 heavy (non-hydrogen) atoms. The van der Waals surface area contributed by atoms with E-state index in [1.165, 1.54) is 6.07 Å². The molecule has 1 atom stereocenters. The summed E-state index contributed by atoms with van der Waals surface area (Å²) in [4.78, 5) is 32.7. The van der Waals surface area contributed by atoms with Crippen molar-refractivity contribution >= 4 is 23.7 Å². The van der Waals surface area contributed by atoms with Crippen LogP contribution in [0.4, 0.5) is 18.9 Å². The Kier molecular flexibility index (Phi) is 3.47. The zero-order valence-electron chi connectivity index (χ0n) is 9.86. The van der Waals surface area contributed by atoms with Crippen molar-refractivity contribution in [3.63, 3.8) is 0 Å². The Bertz CT molecular complexity index is 588. The second-order valence-corrected chi connectivity index (χ2v) is 4.04. The van der Waals surface area contributed by atoms with Gasteiger partial charge in [-0.1, -0.05) is 0 Å². The van der Waals surface area contributed by atoms with E-state index in [4.69, 9.17) is 4.74 Å². The normalized spacial score (nSPS) is 15.7. The summed E-state index contributed by atoms with van der Waals surface area (Å²) < 4.78 is 44.5. The molecule has 0 spiro atoms. The number of nitrogens with one attached hydrogen (secondary N) is 1. The molecule has 0 bridgehead atoms. The SMILES string of the molecule is O=CC(F)C(F)(F)C(=O)c1ccc2c(c1)NC(=O)CO2. The van der Waals surface area contributed by atoms with E-state index in [2.05, 4.69) is 5.32 Å². The summed E-state index contributed by atoms with van der Waals surface area (Å²) in [6.45, 7) is -0.228. The second-order valence-electron chi connectivity index (χ2n) is 4.04. The van der Waals surface area contributed by atoms with E-state index in [9.17, 15) is 27.6 Å². The highest BCUT2D eigenvalue weighted by molar-refractivity contribution is 6.05. The summed E-state index contributed by atoms with van der Waals surface area (Å²) in [5.41, 5.74) is -0.506. The number of anilines is 1. The van der Waals surface area contributed by atoms with Crippen LogP contribution in [0.2, 0.25) is 0 Å². The van der Waals surface area contributed by atoms with Crippen LogP contribution in [0, 0.1) is 0 Å². The number of fused-ring (bicyclic) bond motifs is 1. The highest BCUT2D eigenvalue weighted by atomic mass is 19.3. The van der Waals surface area contributed by atoms with E-state index < -0.39 is 35.6 Å². The molecule has 1 aliphatic heterocycles. The van der Waals surface area contributed by atoms with Gasteiger partial charge in [0.2, 0.25) is 12.0 Å². The van der Waals surface area contributed by atoms with Gasteiger partial charge in [-0.05, 0) is 18.2 Å². The van der Waals surface area contributed by atoms with E-state index >= 15 is 0 Å². The first-order valence-corrected chi connectivity index (χ1v) is 5.45. The minimum absolute atomic E-state index is 0.0319. The lowest BCUT2D eigenvalue weighted by atomic mass is 10.0. The Balaban J connectivity index is 2.34. The molecule has 1 unspecified atom stereocenters. The molecule has 1 aliphatic rings. The van der Waals surface area contributed by atoms with Gasteiger partial charge in [0, 0.05) is 5.56 Å². The van der Waals surface area contributed by atoms with Gasteiger partial charge >= 0.3 is 5.92 Å². The molecule has 1 heterocycles. The molecule has 5 nitrogen and oxygen atoms in total. The van der Waals surface area contributed by atoms with Gasteiger partial charge in [-0.15, -0.1) is 0 Å². The lowest BCUT2D eigenvalue weighted by molar-refractivity contribution is -0.122. The minimum atomic E-state index is -4.46. The van der Waals surface area contributed by atoms with E-state index in [-0.39, 0.29) is 18.0 Å². The third-order valence-corrected chi connectivity index (χ3v) is 2.64. The number of halogens is 3. The molecule has 2 rings (SSSR count). The number of amides is 1. The average molecular weight is 287 g/mol. The van der Waals surface area contributed by atoms with E-state index in [0.717, 1.165) is 12.1 Å². The van der Waals surface area contributed by atoms with E-state index in [1.807, 2.05) is 0 Å². The highest BCUT2D eigenvalue weighted by Gasteiger charge is 2.48. The van der Waals surface area contributed by atoms with Gasteiger partial charge in [-0.3, -0.25) is 14.4 Å². The molecule has 0 saturated heterocycles. The summed E-state index contributed by atoms with van der Waals surface area (Å²) in [6.07, 6.45) is -3.86. The van der Waals surface area contributed by atoms with Crippen LogP contribution in [-0.4, -0.2) is 36.7 Å². The Morgan fingerprint density at radius 3 is 2.80 bits per heavy atom. The predicted octanol–water partition coefficient (Wildman–Crippen LogP) is 1.37. The van der Waals surface area contributed by atoms with Crippen molar-refractivity contribution in [3.8, 4) is 5.75 Å². The fourth-order valence-corrected chi connectivity index (χ4v) is 1.63. The highest BCUT2D eigenvalue weighted by Crippen LogP contribution is 2.32. The standard InChI is InChI=1S/C12H8F3NO4/c13-9(4-17)12(14,15)11(19)6-1-2-8-7(3-6)16-10(18)5-20-8/h1-4,9H,5H2,(H,16,18). The Morgan fingerprint density at radius 2 is 2.15 bits per heavy atom. The summed E-state index contributed by atoms with van der Waals surface area (Å²) in [5, 5.41) is 2.33. The predicted molar refractivity (Wildman–Crippen MR) is 60.8 cm³/mol. The molecule has 0 aliphatic carbocycles. The summed E-state index contributed by atoms with van der Waals surface area (Å²) >= 11 is 0. The fourth-order valence-electron chi connectivity index (χ4n) is 1.63. The van der Waals surface area contributed by atoms with Gasteiger partial charge in [-0.25, -0.2) is 4.39 Å². The zero-order chi connectivity index (χ0) is 14.9. The van der Waals surface area contributed by atoms with Crippen molar-refractivity contribution in [2.24, 2.45) is 0 Å². The summed E-state index contributed by atoms with van der Waals surface area (Å²) in [6, 6.07) is 3.15. The molecule has 0 fully saturated rings. The van der Waals surface area contributed by atoms with Crippen LogP contribution in [0.15, 0.2) is 18.2 Å². The summed E-state index contributed by atoms with van der Waals surface area (Å²) in [5.74, 6) is -6.61. The number of Topliss-reactive ketones (excluding diaryl/α,β-unsaturated/α-hetero) is 1. The number of ether oxygens (including phenoxy) is 1. The van der Waals surface area contributed by atoms with Crippen LogP contribution >= 0.6 is 0 Å². The van der Waals surface area contributed by atoms with Gasteiger partial charge in [-0.2, -0.15) is 8.78 Å². The number of aldehydes is 1. The lowest BCUT2D eigenvalue weighted by Crippen LogP contribution is -2.40.